The predicted molar refractivity (Wildman–Crippen MR) is 60.7 cm³/mol. The van der Waals surface area contributed by atoms with Crippen molar-refractivity contribution in [3.05, 3.63) is 52.9 Å². The van der Waals surface area contributed by atoms with Gasteiger partial charge in [0.25, 0.3) is 0 Å². The monoisotopic (exact) mass is 219 g/mol. The van der Waals surface area contributed by atoms with Crippen molar-refractivity contribution < 1.29 is 0 Å². The molecule has 0 fully saturated rings. The van der Waals surface area contributed by atoms with Gasteiger partial charge >= 0.3 is 0 Å². The largest absolute Gasteiger partial charge is 0.384 e. The molecule has 0 saturated carbocycles. The molecule has 4 heteroatoms. The highest BCUT2D eigenvalue weighted by Gasteiger charge is 2.01. The van der Waals surface area contributed by atoms with Crippen LogP contribution in [-0.2, 0) is 6.42 Å². The Labute approximate surface area is 92.9 Å². The lowest BCUT2D eigenvalue weighted by Gasteiger charge is -2.01. The smallest absolute Gasteiger partial charge is 0.136 e. The second-order valence-electron chi connectivity index (χ2n) is 3.19. The molecule has 0 aliphatic heterocycles. The zero-order chi connectivity index (χ0) is 10.7. The molecule has 0 radical (unpaired) electrons. The molecule has 3 nitrogen and oxygen atoms in total. The van der Waals surface area contributed by atoms with Crippen molar-refractivity contribution in [1.82, 2.24) is 9.97 Å². The molecule has 1 heterocycles. The van der Waals surface area contributed by atoms with Crippen LogP contribution in [0.3, 0.4) is 0 Å². The fourth-order valence-corrected chi connectivity index (χ4v) is 1.55. The minimum absolute atomic E-state index is 0.383. The average molecular weight is 220 g/mol. The lowest BCUT2D eigenvalue weighted by molar-refractivity contribution is 0.975. The van der Waals surface area contributed by atoms with Crippen LogP contribution in [0.5, 0.6) is 0 Å². The van der Waals surface area contributed by atoms with Gasteiger partial charge in [-0.05, 0) is 5.56 Å². The van der Waals surface area contributed by atoms with Gasteiger partial charge < -0.3 is 5.73 Å². The van der Waals surface area contributed by atoms with E-state index in [1.54, 1.807) is 0 Å². The Balaban J connectivity index is 2.25. The van der Waals surface area contributed by atoms with Crippen molar-refractivity contribution in [1.29, 1.82) is 0 Å². The first-order valence-electron chi connectivity index (χ1n) is 4.57. The summed E-state index contributed by atoms with van der Waals surface area (Å²) in [6.07, 6.45) is 0.644. The summed E-state index contributed by atoms with van der Waals surface area (Å²) in [6, 6.07) is 11.5. The van der Waals surface area contributed by atoms with Gasteiger partial charge in [0.15, 0.2) is 0 Å². The topological polar surface area (TPSA) is 51.8 Å². The van der Waals surface area contributed by atoms with Crippen LogP contribution in [0.15, 0.2) is 36.4 Å². The predicted octanol–water partition coefficient (Wildman–Crippen LogP) is 2.30. The average Bonchev–Trinajstić information content (AvgIpc) is 2.17. The number of halogens is 1. The minimum atomic E-state index is 0.383. The van der Waals surface area contributed by atoms with Crippen LogP contribution in [0.25, 0.3) is 0 Å². The first kappa shape index (κ1) is 9.93. The van der Waals surface area contributed by atoms with E-state index in [0.29, 0.717) is 23.2 Å². The third-order valence-corrected chi connectivity index (χ3v) is 2.16. The third-order valence-electron chi connectivity index (χ3n) is 1.97. The number of hydrogen-bond donors (Lipinski definition) is 1. The molecule has 0 bridgehead atoms. The summed E-state index contributed by atoms with van der Waals surface area (Å²) in [5.41, 5.74) is 6.72. The highest BCUT2D eigenvalue weighted by molar-refractivity contribution is 6.29. The van der Waals surface area contributed by atoms with Crippen LogP contribution in [0.2, 0.25) is 5.15 Å². The number of nitrogen functional groups attached to an aromatic ring is 1. The molecule has 1 aromatic carbocycles. The van der Waals surface area contributed by atoms with Gasteiger partial charge in [0.05, 0.1) is 0 Å². The van der Waals surface area contributed by atoms with E-state index in [9.17, 15) is 0 Å². The Bertz CT molecular complexity index is 436. The maximum Gasteiger partial charge on any atom is 0.136 e. The standard InChI is InChI=1S/C11H10ClN3/c12-9-7-10(13)15-11(14-9)6-8-4-2-1-3-5-8/h1-5,7H,6H2,(H2,13,14,15). The quantitative estimate of drug-likeness (QED) is 0.789. The number of rotatable bonds is 2. The van der Waals surface area contributed by atoms with Crippen LogP contribution in [-0.4, -0.2) is 9.97 Å². The van der Waals surface area contributed by atoms with E-state index in [1.165, 1.54) is 6.07 Å². The molecule has 0 saturated heterocycles. The molecule has 0 atom stereocenters. The zero-order valence-electron chi connectivity index (χ0n) is 8.02. The van der Waals surface area contributed by atoms with Crippen LogP contribution < -0.4 is 5.73 Å². The van der Waals surface area contributed by atoms with E-state index < -0.39 is 0 Å². The van der Waals surface area contributed by atoms with Gasteiger partial charge in [-0.3, -0.25) is 0 Å². The summed E-state index contributed by atoms with van der Waals surface area (Å²) in [6.45, 7) is 0. The number of nitrogens with zero attached hydrogens (tertiary/aromatic N) is 2. The van der Waals surface area contributed by atoms with E-state index in [-0.39, 0.29) is 0 Å². The first-order chi connectivity index (χ1) is 7.24. The minimum Gasteiger partial charge on any atom is -0.384 e. The van der Waals surface area contributed by atoms with Crippen molar-refractivity contribution in [2.24, 2.45) is 0 Å². The third kappa shape index (κ3) is 2.67. The summed E-state index contributed by atoms with van der Waals surface area (Å²) in [7, 11) is 0. The number of hydrogen-bond acceptors (Lipinski definition) is 3. The van der Waals surface area contributed by atoms with Crippen molar-refractivity contribution >= 4 is 17.4 Å². The lowest BCUT2D eigenvalue weighted by atomic mass is 10.1. The molecule has 0 amide bonds. The second kappa shape index (κ2) is 4.28. The normalized spacial score (nSPS) is 10.2. The van der Waals surface area contributed by atoms with Gasteiger partial charge in [0.1, 0.15) is 16.8 Å². The van der Waals surface area contributed by atoms with Gasteiger partial charge in [0.2, 0.25) is 0 Å². The van der Waals surface area contributed by atoms with Crippen LogP contribution >= 0.6 is 11.6 Å². The van der Waals surface area contributed by atoms with Crippen molar-refractivity contribution in [2.75, 3.05) is 5.73 Å². The zero-order valence-corrected chi connectivity index (χ0v) is 8.78. The Hall–Kier alpha value is -1.61. The maximum atomic E-state index is 5.79. The van der Waals surface area contributed by atoms with Crippen molar-refractivity contribution in [3.8, 4) is 0 Å². The van der Waals surface area contributed by atoms with Gasteiger partial charge in [-0.25, -0.2) is 9.97 Å². The molecule has 2 rings (SSSR count). The molecule has 0 aliphatic rings. The Morgan fingerprint density at radius 1 is 1.13 bits per heavy atom. The Morgan fingerprint density at radius 2 is 1.87 bits per heavy atom. The summed E-state index contributed by atoms with van der Waals surface area (Å²) in [4.78, 5) is 8.22. The van der Waals surface area contributed by atoms with E-state index in [4.69, 9.17) is 17.3 Å². The number of aromatic nitrogens is 2. The summed E-state index contributed by atoms with van der Waals surface area (Å²) in [5.74, 6) is 1.05. The summed E-state index contributed by atoms with van der Waals surface area (Å²) in [5, 5.41) is 0.383. The highest BCUT2D eigenvalue weighted by atomic mass is 35.5. The van der Waals surface area contributed by atoms with Crippen LogP contribution in [0, 0.1) is 0 Å². The molecule has 15 heavy (non-hydrogen) atoms. The molecular weight excluding hydrogens is 210 g/mol. The molecule has 0 aliphatic carbocycles. The van der Waals surface area contributed by atoms with Crippen molar-refractivity contribution in [3.63, 3.8) is 0 Å². The van der Waals surface area contributed by atoms with Gasteiger partial charge in [-0.1, -0.05) is 41.9 Å². The van der Waals surface area contributed by atoms with Gasteiger partial charge in [0, 0.05) is 12.5 Å². The Morgan fingerprint density at radius 3 is 2.53 bits per heavy atom. The summed E-state index contributed by atoms with van der Waals surface area (Å²) >= 11 is 5.79. The molecule has 2 aromatic rings. The van der Waals surface area contributed by atoms with E-state index in [1.807, 2.05) is 30.3 Å². The molecule has 76 valence electrons. The molecule has 1 aromatic heterocycles. The van der Waals surface area contributed by atoms with E-state index in [0.717, 1.165) is 5.56 Å². The highest BCUT2D eigenvalue weighted by Crippen LogP contribution is 2.11. The Kier molecular flexibility index (Phi) is 2.83. The fraction of sp³-hybridized carbons (Fsp3) is 0.0909. The number of benzene rings is 1. The molecule has 2 N–H and O–H groups in total. The fourth-order valence-electron chi connectivity index (χ4n) is 1.34. The van der Waals surface area contributed by atoms with Crippen molar-refractivity contribution in [2.45, 2.75) is 6.42 Å². The van der Waals surface area contributed by atoms with Crippen LogP contribution in [0.1, 0.15) is 11.4 Å². The molecule has 0 unspecified atom stereocenters. The lowest BCUT2D eigenvalue weighted by Crippen LogP contribution is -2.00. The summed E-state index contributed by atoms with van der Waals surface area (Å²) < 4.78 is 0. The number of anilines is 1. The van der Waals surface area contributed by atoms with E-state index in [2.05, 4.69) is 9.97 Å². The van der Waals surface area contributed by atoms with Gasteiger partial charge in [-0.15, -0.1) is 0 Å². The van der Waals surface area contributed by atoms with Gasteiger partial charge in [-0.2, -0.15) is 0 Å². The molecule has 0 spiro atoms. The molecular formula is C11H10ClN3. The first-order valence-corrected chi connectivity index (χ1v) is 4.95. The number of nitrogens with two attached hydrogens (primary N) is 1. The van der Waals surface area contributed by atoms with E-state index >= 15 is 0 Å². The maximum absolute atomic E-state index is 5.79. The SMILES string of the molecule is Nc1cc(Cl)nc(Cc2ccccc2)n1. The second-order valence-corrected chi connectivity index (χ2v) is 3.58. The van der Waals surface area contributed by atoms with Crippen LogP contribution in [0.4, 0.5) is 5.82 Å².